The topological polar surface area (TPSA) is 55.6 Å². The summed E-state index contributed by atoms with van der Waals surface area (Å²) in [7, 11) is 0. The van der Waals surface area contributed by atoms with E-state index in [0.29, 0.717) is 48.2 Å². The van der Waals surface area contributed by atoms with Gasteiger partial charge in [-0.1, -0.05) is 29.3 Å². The van der Waals surface area contributed by atoms with Gasteiger partial charge in [0.1, 0.15) is 11.4 Å². The fourth-order valence-corrected chi connectivity index (χ4v) is 3.21. The highest BCUT2D eigenvalue weighted by Crippen LogP contribution is 2.27. The van der Waals surface area contributed by atoms with Crippen molar-refractivity contribution in [3.05, 3.63) is 64.0 Å². The standard InChI is InChI=1S/C20H21Cl2N3O2/c1-14-4-2-5-19-24-16(13-25(14)19)9-10-23-20(26)6-3-11-27-18-8-7-15(21)12-17(18)22/h2,4-5,7-8,12-13H,3,6,9-11H2,1H3,(H,23,26). The van der Waals surface area contributed by atoms with Crippen molar-refractivity contribution in [2.24, 2.45) is 0 Å². The van der Waals surface area contributed by atoms with Gasteiger partial charge in [0.05, 0.1) is 17.3 Å². The molecule has 2 aromatic heterocycles. The number of benzene rings is 1. The van der Waals surface area contributed by atoms with Gasteiger partial charge in [-0.2, -0.15) is 0 Å². The fraction of sp³-hybridized carbons (Fsp3) is 0.300. The van der Waals surface area contributed by atoms with Crippen molar-refractivity contribution in [3.8, 4) is 5.75 Å². The van der Waals surface area contributed by atoms with Gasteiger partial charge < -0.3 is 14.5 Å². The minimum atomic E-state index is 0.000692. The SMILES string of the molecule is Cc1cccc2nc(CCNC(=O)CCCOc3ccc(Cl)cc3Cl)cn12. The Morgan fingerprint density at radius 3 is 2.89 bits per heavy atom. The van der Waals surface area contributed by atoms with E-state index in [-0.39, 0.29) is 5.91 Å². The maximum absolute atomic E-state index is 11.9. The average molecular weight is 406 g/mol. The van der Waals surface area contributed by atoms with Gasteiger partial charge >= 0.3 is 0 Å². The van der Waals surface area contributed by atoms with Gasteiger partial charge in [-0.05, 0) is 43.7 Å². The second kappa shape index (κ2) is 9.11. The minimum absolute atomic E-state index is 0.000692. The number of hydrogen-bond donors (Lipinski definition) is 1. The molecule has 0 aliphatic carbocycles. The first-order valence-electron chi connectivity index (χ1n) is 8.81. The van der Waals surface area contributed by atoms with Gasteiger partial charge in [0.2, 0.25) is 5.91 Å². The van der Waals surface area contributed by atoms with Crippen LogP contribution in [0.3, 0.4) is 0 Å². The Bertz CT molecular complexity index is 940. The summed E-state index contributed by atoms with van der Waals surface area (Å²) in [6.07, 6.45) is 3.72. The molecule has 2 heterocycles. The molecule has 0 aliphatic rings. The molecular formula is C20H21Cl2N3O2. The first kappa shape index (κ1) is 19.5. The van der Waals surface area contributed by atoms with Crippen LogP contribution in [0.15, 0.2) is 42.6 Å². The van der Waals surface area contributed by atoms with Crippen LogP contribution in [-0.2, 0) is 11.2 Å². The Balaban J connectivity index is 1.36. The first-order chi connectivity index (χ1) is 13.0. The molecule has 5 nitrogen and oxygen atoms in total. The Morgan fingerprint density at radius 2 is 2.11 bits per heavy atom. The summed E-state index contributed by atoms with van der Waals surface area (Å²) in [5, 5.41) is 3.95. The second-order valence-electron chi connectivity index (χ2n) is 6.25. The van der Waals surface area contributed by atoms with Crippen LogP contribution in [0.25, 0.3) is 5.65 Å². The summed E-state index contributed by atoms with van der Waals surface area (Å²) in [6.45, 7) is 3.02. The average Bonchev–Trinajstić information content (AvgIpc) is 3.04. The molecule has 3 rings (SSSR count). The highest BCUT2D eigenvalue weighted by molar-refractivity contribution is 6.35. The highest BCUT2D eigenvalue weighted by Gasteiger charge is 2.06. The lowest BCUT2D eigenvalue weighted by Crippen LogP contribution is -2.25. The number of carbonyl (C=O) groups is 1. The third-order valence-electron chi connectivity index (χ3n) is 4.15. The zero-order chi connectivity index (χ0) is 19.2. The van der Waals surface area contributed by atoms with E-state index in [1.165, 1.54) is 0 Å². The van der Waals surface area contributed by atoms with Crippen LogP contribution < -0.4 is 10.1 Å². The third kappa shape index (κ3) is 5.37. The van der Waals surface area contributed by atoms with E-state index in [4.69, 9.17) is 27.9 Å². The second-order valence-corrected chi connectivity index (χ2v) is 7.10. The largest absolute Gasteiger partial charge is 0.492 e. The first-order valence-corrected chi connectivity index (χ1v) is 9.56. The molecule has 7 heteroatoms. The van der Waals surface area contributed by atoms with E-state index < -0.39 is 0 Å². The molecule has 0 atom stereocenters. The summed E-state index contributed by atoms with van der Waals surface area (Å²) >= 11 is 11.9. The van der Waals surface area contributed by atoms with Crippen LogP contribution >= 0.6 is 23.2 Å². The molecule has 0 spiro atoms. The van der Waals surface area contributed by atoms with Crippen molar-refractivity contribution < 1.29 is 9.53 Å². The molecule has 0 unspecified atom stereocenters. The summed E-state index contributed by atoms with van der Waals surface area (Å²) in [5.74, 6) is 0.573. The van der Waals surface area contributed by atoms with Gasteiger partial charge in [-0.25, -0.2) is 4.98 Å². The zero-order valence-electron chi connectivity index (χ0n) is 15.0. The van der Waals surface area contributed by atoms with Crippen LogP contribution in [0.5, 0.6) is 5.75 Å². The smallest absolute Gasteiger partial charge is 0.220 e. The number of hydrogen-bond acceptors (Lipinski definition) is 3. The Labute approximate surface area is 168 Å². The maximum atomic E-state index is 11.9. The molecule has 0 aliphatic heterocycles. The fourth-order valence-electron chi connectivity index (χ4n) is 2.74. The number of rotatable bonds is 8. The molecule has 0 saturated heterocycles. The number of amides is 1. The number of pyridine rings is 1. The zero-order valence-corrected chi connectivity index (χ0v) is 16.6. The van der Waals surface area contributed by atoms with E-state index in [1.807, 2.05) is 31.3 Å². The van der Waals surface area contributed by atoms with Crippen LogP contribution in [0.4, 0.5) is 0 Å². The number of imidazole rings is 1. The van der Waals surface area contributed by atoms with E-state index in [2.05, 4.69) is 14.7 Å². The van der Waals surface area contributed by atoms with Crippen LogP contribution in [0.1, 0.15) is 24.2 Å². The van der Waals surface area contributed by atoms with Gasteiger partial charge in [-0.15, -0.1) is 0 Å². The molecule has 1 aromatic carbocycles. The summed E-state index contributed by atoms with van der Waals surface area (Å²) in [4.78, 5) is 16.5. The number of fused-ring (bicyclic) bond motifs is 1. The number of aromatic nitrogens is 2. The monoisotopic (exact) mass is 405 g/mol. The maximum Gasteiger partial charge on any atom is 0.220 e. The van der Waals surface area contributed by atoms with Gasteiger partial charge in [0.15, 0.2) is 0 Å². The molecule has 27 heavy (non-hydrogen) atoms. The van der Waals surface area contributed by atoms with Crippen molar-refractivity contribution in [1.82, 2.24) is 14.7 Å². The van der Waals surface area contributed by atoms with E-state index in [0.717, 1.165) is 17.0 Å². The number of halogens is 2. The Hall–Kier alpha value is -2.24. The molecule has 0 bridgehead atoms. The van der Waals surface area contributed by atoms with Crippen LogP contribution in [-0.4, -0.2) is 28.4 Å². The number of nitrogens with zero attached hydrogens (tertiary/aromatic N) is 2. The predicted molar refractivity (Wildman–Crippen MR) is 108 cm³/mol. The van der Waals surface area contributed by atoms with Crippen LogP contribution in [0, 0.1) is 6.92 Å². The minimum Gasteiger partial charge on any atom is -0.492 e. The quantitative estimate of drug-likeness (QED) is 0.562. The number of ether oxygens (including phenoxy) is 1. The third-order valence-corrected chi connectivity index (χ3v) is 4.68. The van der Waals surface area contributed by atoms with Crippen molar-refractivity contribution in [1.29, 1.82) is 0 Å². The van der Waals surface area contributed by atoms with Crippen molar-refractivity contribution in [2.75, 3.05) is 13.2 Å². The number of nitrogens with one attached hydrogen (secondary N) is 1. The Morgan fingerprint density at radius 1 is 1.26 bits per heavy atom. The van der Waals surface area contributed by atoms with E-state index in [1.54, 1.807) is 18.2 Å². The van der Waals surface area contributed by atoms with Crippen LogP contribution in [0.2, 0.25) is 10.0 Å². The van der Waals surface area contributed by atoms with E-state index >= 15 is 0 Å². The number of aryl methyl sites for hydroxylation is 1. The summed E-state index contributed by atoms with van der Waals surface area (Å²) in [5.41, 5.74) is 3.02. The molecule has 1 amide bonds. The molecule has 0 radical (unpaired) electrons. The predicted octanol–water partition coefficient (Wildman–Crippen LogP) is 4.47. The highest BCUT2D eigenvalue weighted by atomic mass is 35.5. The number of carbonyl (C=O) groups excluding carboxylic acids is 1. The van der Waals surface area contributed by atoms with Crippen molar-refractivity contribution in [2.45, 2.75) is 26.2 Å². The molecular weight excluding hydrogens is 385 g/mol. The van der Waals surface area contributed by atoms with Gasteiger partial charge in [0, 0.05) is 36.3 Å². The van der Waals surface area contributed by atoms with Crippen molar-refractivity contribution in [3.63, 3.8) is 0 Å². The normalized spacial score (nSPS) is 10.9. The lowest BCUT2D eigenvalue weighted by molar-refractivity contribution is -0.121. The Kier molecular flexibility index (Phi) is 6.58. The van der Waals surface area contributed by atoms with E-state index in [9.17, 15) is 4.79 Å². The molecule has 0 fully saturated rings. The molecule has 1 N–H and O–H groups in total. The summed E-state index contributed by atoms with van der Waals surface area (Å²) in [6, 6.07) is 11.1. The molecule has 0 saturated carbocycles. The van der Waals surface area contributed by atoms with Gasteiger partial charge in [-0.3, -0.25) is 4.79 Å². The molecule has 142 valence electrons. The van der Waals surface area contributed by atoms with Gasteiger partial charge in [0.25, 0.3) is 0 Å². The lowest BCUT2D eigenvalue weighted by Gasteiger charge is -2.08. The summed E-state index contributed by atoms with van der Waals surface area (Å²) < 4.78 is 7.63. The van der Waals surface area contributed by atoms with Crippen molar-refractivity contribution >= 4 is 34.8 Å². The molecule has 3 aromatic rings. The lowest BCUT2D eigenvalue weighted by atomic mass is 10.3.